The Hall–Kier alpha value is -2.97. The number of piperazine rings is 1. The number of hydrogen-bond acceptors (Lipinski definition) is 4. The minimum Gasteiger partial charge on any atom is -0.335 e. The Bertz CT molecular complexity index is 1060. The van der Waals surface area contributed by atoms with Crippen molar-refractivity contribution in [3.63, 3.8) is 0 Å². The largest absolute Gasteiger partial charge is 0.335 e. The lowest BCUT2D eigenvalue weighted by Gasteiger charge is -2.35. The van der Waals surface area contributed by atoms with Crippen molar-refractivity contribution >= 4 is 21.8 Å². The zero-order valence-corrected chi connectivity index (χ0v) is 18.4. The standard InChI is InChI=1S/C23H27N3O4S/c1-3-12-24-31(29,30)21-7-5-6-20(17-21)23(28)26-15-13-25(14-16-26)22(27)19-10-8-18(4-2)9-11-19/h3,5-11,17,24H,1,4,12-16H2,2H3. The summed E-state index contributed by atoms with van der Waals surface area (Å²) in [5.74, 6) is -0.295. The van der Waals surface area contributed by atoms with Gasteiger partial charge in [-0.05, 0) is 42.3 Å². The van der Waals surface area contributed by atoms with Gasteiger partial charge < -0.3 is 9.80 Å². The summed E-state index contributed by atoms with van der Waals surface area (Å²) in [6, 6.07) is 13.6. The first kappa shape index (κ1) is 22.7. The molecule has 31 heavy (non-hydrogen) atoms. The maximum atomic E-state index is 12.9. The molecular weight excluding hydrogens is 414 g/mol. The second kappa shape index (κ2) is 9.89. The summed E-state index contributed by atoms with van der Waals surface area (Å²) in [4.78, 5) is 29.0. The van der Waals surface area contributed by atoms with Gasteiger partial charge >= 0.3 is 0 Å². The van der Waals surface area contributed by atoms with Gasteiger partial charge in [-0.3, -0.25) is 9.59 Å². The molecule has 0 spiro atoms. The highest BCUT2D eigenvalue weighted by Gasteiger charge is 2.26. The molecule has 0 atom stereocenters. The van der Waals surface area contributed by atoms with Crippen LogP contribution in [0.2, 0.25) is 0 Å². The molecule has 1 fully saturated rings. The number of carbonyl (C=O) groups excluding carboxylic acids is 2. The van der Waals surface area contributed by atoms with Crippen LogP contribution in [-0.2, 0) is 16.4 Å². The Balaban J connectivity index is 1.64. The summed E-state index contributed by atoms with van der Waals surface area (Å²) >= 11 is 0. The van der Waals surface area contributed by atoms with Gasteiger partial charge in [0, 0.05) is 43.9 Å². The first-order valence-corrected chi connectivity index (χ1v) is 11.7. The van der Waals surface area contributed by atoms with Crippen molar-refractivity contribution in [3.05, 3.63) is 77.9 Å². The molecule has 7 nitrogen and oxygen atoms in total. The van der Waals surface area contributed by atoms with Crippen molar-refractivity contribution in [3.8, 4) is 0 Å². The Morgan fingerprint density at radius 2 is 1.55 bits per heavy atom. The third-order valence-electron chi connectivity index (χ3n) is 5.27. The van der Waals surface area contributed by atoms with Crippen LogP contribution >= 0.6 is 0 Å². The molecule has 1 aliphatic heterocycles. The average Bonchev–Trinajstić information content (AvgIpc) is 2.82. The summed E-state index contributed by atoms with van der Waals surface area (Å²) in [6.45, 7) is 7.31. The van der Waals surface area contributed by atoms with Crippen molar-refractivity contribution in [2.45, 2.75) is 18.2 Å². The van der Waals surface area contributed by atoms with Crippen LogP contribution < -0.4 is 4.72 Å². The van der Waals surface area contributed by atoms with Crippen LogP contribution in [0.4, 0.5) is 0 Å². The van der Waals surface area contributed by atoms with Gasteiger partial charge in [-0.25, -0.2) is 13.1 Å². The highest BCUT2D eigenvalue weighted by atomic mass is 32.2. The fourth-order valence-corrected chi connectivity index (χ4v) is 4.45. The molecule has 0 aliphatic carbocycles. The van der Waals surface area contributed by atoms with E-state index in [0.717, 1.165) is 6.42 Å². The normalized spacial score (nSPS) is 14.4. The number of rotatable bonds is 7. The molecule has 0 radical (unpaired) electrons. The van der Waals surface area contributed by atoms with Crippen molar-refractivity contribution in [2.24, 2.45) is 0 Å². The molecule has 0 bridgehead atoms. The van der Waals surface area contributed by atoms with Gasteiger partial charge in [0.2, 0.25) is 10.0 Å². The number of aryl methyl sites for hydroxylation is 1. The molecule has 1 saturated heterocycles. The maximum Gasteiger partial charge on any atom is 0.254 e. The molecule has 1 N–H and O–H groups in total. The molecular formula is C23H27N3O4S. The van der Waals surface area contributed by atoms with Crippen LogP contribution in [0.3, 0.4) is 0 Å². The van der Waals surface area contributed by atoms with Crippen molar-refractivity contribution in [1.82, 2.24) is 14.5 Å². The van der Waals surface area contributed by atoms with Crippen LogP contribution in [0.5, 0.6) is 0 Å². The van der Waals surface area contributed by atoms with Gasteiger partial charge in [-0.15, -0.1) is 6.58 Å². The van der Waals surface area contributed by atoms with Gasteiger partial charge in [0.15, 0.2) is 0 Å². The number of amides is 2. The summed E-state index contributed by atoms with van der Waals surface area (Å²) in [5.41, 5.74) is 2.12. The maximum absolute atomic E-state index is 12.9. The number of benzene rings is 2. The predicted octanol–water partition coefficient (Wildman–Crippen LogP) is 2.31. The van der Waals surface area contributed by atoms with E-state index in [9.17, 15) is 18.0 Å². The summed E-state index contributed by atoms with van der Waals surface area (Å²) in [5, 5.41) is 0. The molecule has 3 rings (SSSR count). The average molecular weight is 442 g/mol. The molecule has 164 valence electrons. The number of nitrogens with one attached hydrogen (secondary N) is 1. The van der Waals surface area contributed by atoms with Crippen LogP contribution in [0.1, 0.15) is 33.2 Å². The number of carbonyl (C=O) groups is 2. The monoisotopic (exact) mass is 441 g/mol. The smallest absolute Gasteiger partial charge is 0.254 e. The van der Waals surface area contributed by atoms with Crippen molar-refractivity contribution in [2.75, 3.05) is 32.7 Å². The highest BCUT2D eigenvalue weighted by Crippen LogP contribution is 2.16. The lowest BCUT2D eigenvalue weighted by Crippen LogP contribution is -2.50. The number of nitrogens with zero attached hydrogens (tertiary/aromatic N) is 2. The van der Waals surface area contributed by atoms with Crippen LogP contribution in [0.25, 0.3) is 0 Å². The minimum absolute atomic E-state index is 0.0320. The lowest BCUT2D eigenvalue weighted by molar-refractivity contribution is 0.0535. The van der Waals surface area contributed by atoms with Crippen molar-refractivity contribution < 1.29 is 18.0 Å². The number of sulfonamides is 1. The van der Waals surface area contributed by atoms with Gasteiger partial charge in [-0.2, -0.15) is 0 Å². The molecule has 1 aliphatic rings. The highest BCUT2D eigenvalue weighted by molar-refractivity contribution is 7.89. The van der Waals surface area contributed by atoms with E-state index >= 15 is 0 Å². The molecule has 2 aromatic carbocycles. The van der Waals surface area contributed by atoms with Crippen LogP contribution in [-0.4, -0.2) is 62.8 Å². The summed E-state index contributed by atoms with van der Waals surface area (Å²) < 4.78 is 27.0. The Labute approximate surface area is 183 Å². The van der Waals surface area contributed by atoms with Crippen molar-refractivity contribution in [1.29, 1.82) is 0 Å². The number of hydrogen-bond donors (Lipinski definition) is 1. The second-order valence-electron chi connectivity index (χ2n) is 7.30. The molecule has 0 aromatic heterocycles. The molecule has 2 amide bonds. The van der Waals surface area contributed by atoms with E-state index < -0.39 is 10.0 Å². The topological polar surface area (TPSA) is 86.8 Å². The molecule has 8 heteroatoms. The van der Waals surface area contributed by atoms with Gasteiger partial charge in [-0.1, -0.05) is 31.2 Å². The van der Waals surface area contributed by atoms with E-state index in [2.05, 4.69) is 18.2 Å². The summed E-state index contributed by atoms with van der Waals surface area (Å²) in [6.07, 6.45) is 2.37. The van der Waals surface area contributed by atoms with Crippen LogP contribution in [0, 0.1) is 0 Å². The molecule has 2 aromatic rings. The molecule has 0 saturated carbocycles. The molecule has 1 heterocycles. The van der Waals surface area contributed by atoms with Gasteiger partial charge in [0.25, 0.3) is 11.8 Å². The zero-order chi connectivity index (χ0) is 22.4. The van der Waals surface area contributed by atoms with E-state index in [1.165, 1.54) is 23.8 Å². The quantitative estimate of drug-likeness (QED) is 0.668. The third-order valence-corrected chi connectivity index (χ3v) is 6.69. The third kappa shape index (κ3) is 5.39. The fourth-order valence-electron chi connectivity index (χ4n) is 3.41. The minimum atomic E-state index is -3.71. The van der Waals surface area contributed by atoms with Crippen LogP contribution in [0.15, 0.2) is 66.1 Å². The van der Waals surface area contributed by atoms with E-state index in [4.69, 9.17) is 0 Å². The Morgan fingerprint density at radius 3 is 2.10 bits per heavy atom. The van der Waals surface area contributed by atoms with E-state index in [1.54, 1.807) is 21.9 Å². The Morgan fingerprint density at radius 1 is 0.968 bits per heavy atom. The van der Waals surface area contributed by atoms with E-state index in [1.807, 2.05) is 24.3 Å². The SMILES string of the molecule is C=CCNS(=O)(=O)c1cccc(C(=O)N2CCN(C(=O)c3ccc(CC)cc3)CC2)c1. The summed E-state index contributed by atoms with van der Waals surface area (Å²) in [7, 11) is -3.71. The molecule has 0 unspecified atom stereocenters. The van der Waals surface area contributed by atoms with Gasteiger partial charge in [0.05, 0.1) is 4.90 Å². The van der Waals surface area contributed by atoms with Gasteiger partial charge in [0.1, 0.15) is 0 Å². The second-order valence-corrected chi connectivity index (χ2v) is 9.07. The Kier molecular flexibility index (Phi) is 7.25. The lowest BCUT2D eigenvalue weighted by atomic mass is 10.1. The van der Waals surface area contributed by atoms with E-state index in [0.29, 0.717) is 37.3 Å². The first-order chi connectivity index (χ1) is 14.9. The zero-order valence-electron chi connectivity index (χ0n) is 17.6. The van der Waals surface area contributed by atoms with E-state index in [-0.39, 0.29) is 23.3 Å². The fraction of sp³-hybridized carbons (Fsp3) is 0.304. The first-order valence-electron chi connectivity index (χ1n) is 10.2. The predicted molar refractivity (Wildman–Crippen MR) is 119 cm³/mol.